The van der Waals surface area contributed by atoms with Gasteiger partial charge in [0.2, 0.25) is 8.32 Å². The molecular formula is C10H20N2O4Si. The highest BCUT2D eigenvalue weighted by Crippen LogP contribution is 2.04. The van der Waals surface area contributed by atoms with Crippen molar-refractivity contribution in [2.75, 3.05) is 6.61 Å². The molecule has 98 valence electrons. The van der Waals surface area contributed by atoms with Crippen molar-refractivity contribution < 1.29 is 18.8 Å². The van der Waals surface area contributed by atoms with Crippen LogP contribution in [0.3, 0.4) is 0 Å². The van der Waals surface area contributed by atoms with Crippen LogP contribution in [0.4, 0.5) is 9.59 Å². The molecule has 2 amide bonds. The van der Waals surface area contributed by atoms with E-state index in [1.54, 1.807) is 0 Å². The van der Waals surface area contributed by atoms with Gasteiger partial charge in [0.1, 0.15) is 0 Å². The second-order valence-corrected chi connectivity index (χ2v) is 8.93. The summed E-state index contributed by atoms with van der Waals surface area (Å²) >= 11 is 0. The van der Waals surface area contributed by atoms with Crippen molar-refractivity contribution in [3.63, 3.8) is 0 Å². The highest BCUT2D eigenvalue weighted by Gasteiger charge is 2.19. The molecule has 0 unspecified atom stereocenters. The molecule has 0 aromatic heterocycles. The van der Waals surface area contributed by atoms with Gasteiger partial charge in [-0.1, -0.05) is 30.0 Å². The van der Waals surface area contributed by atoms with Crippen LogP contribution in [0, 0.1) is 0 Å². The highest BCUT2D eigenvalue weighted by atomic mass is 28.4. The van der Waals surface area contributed by atoms with E-state index >= 15 is 0 Å². The number of azo groups is 1. The quantitative estimate of drug-likeness (QED) is 0.428. The van der Waals surface area contributed by atoms with Gasteiger partial charge in [0.15, 0.2) is 0 Å². The number of nitrogens with zero attached hydrogens (tertiary/aromatic N) is 2. The van der Waals surface area contributed by atoms with Gasteiger partial charge in [-0.25, -0.2) is 9.59 Å². The van der Waals surface area contributed by atoms with Crippen molar-refractivity contribution >= 4 is 20.5 Å². The zero-order chi connectivity index (χ0) is 13.3. The first-order chi connectivity index (χ1) is 7.85. The molecule has 0 aromatic rings. The number of amides is 2. The van der Waals surface area contributed by atoms with Crippen molar-refractivity contribution in [3.8, 4) is 0 Å². The summed E-state index contributed by atoms with van der Waals surface area (Å²) in [5, 5.41) is 6.25. The zero-order valence-electron chi connectivity index (χ0n) is 10.9. The minimum absolute atomic E-state index is 0.300. The number of hydrogen-bond acceptors (Lipinski definition) is 4. The second kappa shape index (κ2) is 7.94. The molecule has 0 saturated heterocycles. The van der Waals surface area contributed by atoms with E-state index in [9.17, 15) is 9.59 Å². The highest BCUT2D eigenvalue weighted by molar-refractivity contribution is 6.71. The summed E-state index contributed by atoms with van der Waals surface area (Å²) in [6.07, 6.45) is 1.13. The lowest BCUT2D eigenvalue weighted by Gasteiger charge is -2.13. The fraction of sp³-hybridized carbons (Fsp3) is 0.800. The Hall–Kier alpha value is -1.24. The van der Waals surface area contributed by atoms with Crippen LogP contribution in [0.2, 0.25) is 19.6 Å². The van der Waals surface area contributed by atoms with E-state index in [1.807, 2.05) is 26.6 Å². The van der Waals surface area contributed by atoms with Gasteiger partial charge in [0.05, 0.1) is 6.61 Å². The average Bonchev–Trinajstić information content (AvgIpc) is 2.19. The predicted molar refractivity (Wildman–Crippen MR) is 65.6 cm³/mol. The molecule has 0 atom stereocenters. The summed E-state index contributed by atoms with van der Waals surface area (Å²) < 4.78 is 9.69. The van der Waals surface area contributed by atoms with Crippen LogP contribution >= 0.6 is 0 Å². The molecule has 0 aliphatic carbocycles. The first kappa shape index (κ1) is 15.8. The Balaban J connectivity index is 3.83. The Labute approximate surface area is 103 Å². The van der Waals surface area contributed by atoms with Crippen LogP contribution in [0.25, 0.3) is 0 Å². The van der Waals surface area contributed by atoms with Gasteiger partial charge in [-0.3, -0.25) is 0 Å². The molecule has 0 aliphatic rings. The zero-order valence-corrected chi connectivity index (χ0v) is 11.9. The van der Waals surface area contributed by atoms with Crippen molar-refractivity contribution in [2.24, 2.45) is 10.2 Å². The van der Waals surface area contributed by atoms with Gasteiger partial charge in [0, 0.05) is 0 Å². The molecule has 0 aromatic carbocycles. The number of ether oxygens (including phenoxy) is 1. The SMILES string of the molecule is CCCCCOC(=O)/N=N/C(=O)O[Si](C)(C)C. The summed E-state index contributed by atoms with van der Waals surface area (Å²) in [4.78, 5) is 22.1. The van der Waals surface area contributed by atoms with E-state index in [1.165, 1.54) is 0 Å². The first-order valence-corrected chi connectivity index (χ1v) is 9.07. The Morgan fingerprint density at radius 3 is 2.18 bits per heavy atom. The molecule has 7 heteroatoms. The molecule has 0 rings (SSSR count). The van der Waals surface area contributed by atoms with E-state index < -0.39 is 20.5 Å². The van der Waals surface area contributed by atoms with E-state index in [4.69, 9.17) is 9.16 Å². The van der Waals surface area contributed by atoms with Crippen LogP contribution in [-0.2, 0) is 9.16 Å². The molecule has 6 nitrogen and oxygen atoms in total. The lowest BCUT2D eigenvalue weighted by molar-refractivity contribution is 0.152. The summed E-state index contributed by atoms with van der Waals surface area (Å²) in [6, 6.07) is 0. The molecule has 0 bridgehead atoms. The molecular weight excluding hydrogens is 240 g/mol. The number of carbonyl (C=O) groups excluding carboxylic acids is 2. The number of hydrogen-bond donors (Lipinski definition) is 0. The van der Waals surface area contributed by atoms with Crippen molar-refractivity contribution in [1.82, 2.24) is 0 Å². The predicted octanol–water partition coefficient (Wildman–Crippen LogP) is 3.74. The third-order valence-corrected chi connectivity index (χ3v) is 2.37. The van der Waals surface area contributed by atoms with Crippen LogP contribution in [0.1, 0.15) is 26.2 Å². The van der Waals surface area contributed by atoms with Crippen LogP contribution in [0.5, 0.6) is 0 Å². The van der Waals surface area contributed by atoms with Crippen LogP contribution < -0.4 is 0 Å². The summed E-state index contributed by atoms with van der Waals surface area (Å²) in [5.74, 6) is 0. The van der Waals surface area contributed by atoms with E-state index in [-0.39, 0.29) is 0 Å². The Morgan fingerprint density at radius 1 is 1.06 bits per heavy atom. The Kier molecular flexibility index (Phi) is 7.36. The fourth-order valence-electron chi connectivity index (χ4n) is 0.904. The molecule has 0 N–H and O–H groups in total. The third kappa shape index (κ3) is 11.0. The maximum atomic E-state index is 11.1. The minimum atomic E-state index is -1.98. The lowest BCUT2D eigenvalue weighted by Crippen LogP contribution is -2.27. The van der Waals surface area contributed by atoms with Gasteiger partial charge in [-0.05, 0) is 26.1 Å². The Morgan fingerprint density at radius 2 is 1.65 bits per heavy atom. The molecule has 0 radical (unpaired) electrons. The molecule has 17 heavy (non-hydrogen) atoms. The first-order valence-electron chi connectivity index (χ1n) is 5.66. The Bertz CT molecular complexity index is 287. The molecule has 0 fully saturated rings. The number of rotatable bonds is 5. The molecule has 0 saturated carbocycles. The van der Waals surface area contributed by atoms with Gasteiger partial charge in [-0.15, -0.1) is 0 Å². The van der Waals surface area contributed by atoms with Crippen molar-refractivity contribution in [2.45, 2.75) is 45.8 Å². The maximum absolute atomic E-state index is 11.1. The lowest BCUT2D eigenvalue weighted by atomic mass is 10.3. The monoisotopic (exact) mass is 260 g/mol. The summed E-state index contributed by atoms with van der Waals surface area (Å²) in [6.45, 7) is 7.86. The van der Waals surface area contributed by atoms with Gasteiger partial charge < -0.3 is 9.16 Å². The average molecular weight is 260 g/mol. The summed E-state index contributed by atoms with van der Waals surface area (Å²) in [7, 11) is -1.98. The molecule has 0 heterocycles. The normalized spacial score (nSPS) is 11.5. The fourth-order valence-corrected chi connectivity index (χ4v) is 1.47. The number of unbranched alkanes of at least 4 members (excludes halogenated alkanes) is 2. The smallest absolute Gasteiger partial charge is 0.452 e. The van der Waals surface area contributed by atoms with E-state index in [0.717, 1.165) is 19.3 Å². The largest absolute Gasteiger partial charge is 0.502 e. The topological polar surface area (TPSA) is 77.3 Å². The van der Waals surface area contributed by atoms with Crippen LogP contribution in [0.15, 0.2) is 10.2 Å². The molecule has 0 spiro atoms. The van der Waals surface area contributed by atoms with Gasteiger partial charge in [-0.2, -0.15) is 0 Å². The van der Waals surface area contributed by atoms with Crippen molar-refractivity contribution in [1.29, 1.82) is 0 Å². The summed E-state index contributed by atoms with van der Waals surface area (Å²) in [5.41, 5.74) is 0. The maximum Gasteiger partial charge on any atom is 0.452 e. The third-order valence-electron chi connectivity index (χ3n) is 1.58. The van der Waals surface area contributed by atoms with Crippen molar-refractivity contribution in [3.05, 3.63) is 0 Å². The van der Waals surface area contributed by atoms with Gasteiger partial charge in [0.25, 0.3) is 0 Å². The van der Waals surface area contributed by atoms with Crippen LogP contribution in [-0.4, -0.2) is 27.1 Å². The minimum Gasteiger partial charge on any atom is -0.502 e. The molecule has 0 aliphatic heterocycles. The van der Waals surface area contributed by atoms with Gasteiger partial charge >= 0.3 is 12.2 Å². The van der Waals surface area contributed by atoms with E-state index in [0.29, 0.717) is 6.61 Å². The number of carbonyl (C=O) groups is 2. The standard InChI is InChI=1S/C10H20N2O4Si/c1-5-6-7-8-15-9(13)11-12-10(14)16-17(2,3)4/h5-8H2,1-4H3/b12-11+. The van der Waals surface area contributed by atoms with E-state index in [2.05, 4.69) is 10.2 Å². The second-order valence-electron chi connectivity index (χ2n) is 4.50.